The Hall–Kier alpha value is -1.94. The summed E-state index contributed by atoms with van der Waals surface area (Å²) in [5.74, 6) is -0.227. The van der Waals surface area contributed by atoms with Gasteiger partial charge in [0.1, 0.15) is 34.0 Å². The summed E-state index contributed by atoms with van der Waals surface area (Å²) in [6.07, 6.45) is -6.56. The smallest absolute Gasteiger partial charge is 0.417 e. The van der Waals surface area contributed by atoms with Gasteiger partial charge in [-0.2, -0.15) is 13.2 Å². The van der Waals surface area contributed by atoms with E-state index in [0.717, 1.165) is 6.33 Å². The van der Waals surface area contributed by atoms with Crippen LogP contribution in [0.15, 0.2) is 18.6 Å². The second-order valence-corrected chi connectivity index (χ2v) is 5.83. The highest BCUT2D eigenvalue weighted by Crippen LogP contribution is 2.33. The average Bonchev–Trinajstić information content (AvgIpc) is 2.54. The van der Waals surface area contributed by atoms with Crippen LogP contribution in [0, 0.1) is 0 Å². The summed E-state index contributed by atoms with van der Waals surface area (Å²) in [5.41, 5.74) is -1.63. The molecule has 0 spiro atoms. The van der Waals surface area contributed by atoms with Crippen molar-refractivity contribution >= 4 is 29.0 Å². The van der Waals surface area contributed by atoms with Crippen molar-refractivity contribution in [3.63, 3.8) is 0 Å². The zero-order valence-corrected chi connectivity index (χ0v) is 14.5. The van der Waals surface area contributed by atoms with Crippen molar-refractivity contribution in [3.05, 3.63) is 39.9 Å². The number of nitrogens with zero attached hydrogens (tertiary/aromatic N) is 3. The molecule has 1 atom stereocenters. The summed E-state index contributed by atoms with van der Waals surface area (Å²) in [6.45, 7) is 1.60. The Balaban J connectivity index is 2.02. The molecule has 0 fully saturated rings. The van der Waals surface area contributed by atoms with Gasteiger partial charge in [0.05, 0.1) is 12.1 Å². The summed E-state index contributed by atoms with van der Waals surface area (Å²) < 4.78 is 68.5. The van der Waals surface area contributed by atoms with Crippen molar-refractivity contribution in [1.29, 1.82) is 0 Å². The first-order valence-electron chi connectivity index (χ1n) is 7.01. The lowest BCUT2D eigenvalue weighted by atomic mass is 10.3. The van der Waals surface area contributed by atoms with Gasteiger partial charge in [-0.25, -0.2) is 23.7 Å². The molecular formula is C14H11Cl2F5N4O. The minimum atomic E-state index is -4.57. The molecule has 5 nitrogen and oxygen atoms in total. The first-order chi connectivity index (χ1) is 12.1. The van der Waals surface area contributed by atoms with Crippen LogP contribution in [0.3, 0.4) is 0 Å². The number of ether oxygens (including phenoxy) is 1. The predicted octanol–water partition coefficient (Wildman–Crippen LogP) is 5.01. The Bertz CT molecular complexity index is 775. The van der Waals surface area contributed by atoms with Gasteiger partial charge in [-0.05, 0) is 13.0 Å². The topological polar surface area (TPSA) is 59.9 Å². The summed E-state index contributed by atoms with van der Waals surface area (Å²) in [5, 5.41) is 2.04. The third-order valence-electron chi connectivity index (χ3n) is 3.03. The molecule has 12 heteroatoms. The number of anilines is 1. The van der Waals surface area contributed by atoms with Crippen LogP contribution >= 0.6 is 23.2 Å². The normalized spacial score (nSPS) is 13.0. The summed E-state index contributed by atoms with van der Waals surface area (Å²) in [4.78, 5) is 10.7. The van der Waals surface area contributed by atoms with Crippen LogP contribution in [0.4, 0.5) is 27.8 Å². The minimum absolute atomic E-state index is 0.0288. The van der Waals surface area contributed by atoms with E-state index in [0.29, 0.717) is 12.3 Å². The average molecular weight is 417 g/mol. The number of hydrogen-bond donors (Lipinski definition) is 1. The molecular weight excluding hydrogens is 406 g/mol. The van der Waals surface area contributed by atoms with Gasteiger partial charge in [0.2, 0.25) is 5.88 Å². The van der Waals surface area contributed by atoms with E-state index in [1.54, 1.807) is 6.92 Å². The number of hydrogen-bond acceptors (Lipinski definition) is 5. The number of alkyl halides is 5. The van der Waals surface area contributed by atoms with Gasteiger partial charge in [0.15, 0.2) is 0 Å². The highest BCUT2D eigenvalue weighted by molar-refractivity contribution is 6.33. The first kappa shape index (κ1) is 20.4. The maximum Gasteiger partial charge on any atom is 0.417 e. The number of aromatic nitrogens is 3. The molecule has 0 aliphatic rings. The van der Waals surface area contributed by atoms with Crippen LogP contribution in [0.1, 0.15) is 24.6 Å². The van der Waals surface area contributed by atoms with Crippen molar-refractivity contribution in [2.45, 2.75) is 25.6 Å². The van der Waals surface area contributed by atoms with Crippen molar-refractivity contribution in [1.82, 2.24) is 15.0 Å². The standard InChI is InChI=1S/C14H11Cl2F5N4O/c1-6(3-22-12-9(16)10(11(17)18)24-5-25-12)26-13-8(15)2-7(4-23-13)14(19,20)21/h2,4-6,11H,3H2,1H3,(H,22,24,25)/t6-/m1/s1. The Kier molecular flexibility index (Phi) is 6.40. The molecule has 0 bridgehead atoms. The van der Waals surface area contributed by atoms with Gasteiger partial charge in [-0.15, -0.1) is 0 Å². The largest absolute Gasteiger partial charge is 0.472 e. The second-order valence-electron chi connectivity index (χ2n) is 5.04. The second kappa shape index (κ2) is 8.17. The van der Waals surface area contributed by atoms with Crippen LogP contribution < -0.4 is 10.1 Å². The lowest BCUT2D eigenvalue weighted by molar-refractivity contribution is -0.137. The van der Waals surface area contributed by atoms with E-state index in [2.05, 4.69) is 20.3 Å². The molecule has 0 unspecified atom stereocenters. The lowest BCUT2D eigenvalue weighted by Crippen LogP contribution is -2.24. The van der Waals surface area contributed by atoms with E-state index in [-0.39, 0.29) is 28.3 Å². The van der Waals surface area contributed by atoms with E-state index in [1.165, 1.54) is 0 Å². The van der Waals surface area contributed by atoms with E-state index >= 15 is 0 Å². The van der Waals surface area contributed by atoms with Crippen molar-refractivity contribution in [2.24, 2.45) is 0 Å². The van der Waals surface area contributed by atoms with Crippen molar-refractivity contribution < 1.29 is 26.7 Å². The van der Waals surface area contributed by atoms with Crippen LogP contribution in [0.2, 0.25) is 10.0 Å². The van der Waals surface area contributed by atoms with Crippen molar-refractivity contribution in [2.75, 3.05) is 11.9 Å². The van der Waals surface area contributed by atoms with Crippen LogP contribution in [-0.2, 0) is 6.18 Å². The molecule has 2 heterocycles. The van der Waals surface area contributed by atoms with Gasteiger partial charge in [-0.3, -0.25) is 0 Å². The number of halogens is 7. The maximum absolute atomic E-state index is 12.7. The fraction of sp³-hybridized carbons (Fsp3) is 0.357. The molecule has 1 N–H and O–H groups in total. The van der Waals surface area contributed by atoms with Crippen LogP contribution in [-0.4, -0.2) is 27.6 Å². The first-order valence-corrected chi connectivity index (χ1v) is 7.77. The van der Waals surface area contributed by atoms with E-state index in [9.17, 15) is 22.0 Å². The summed E-state index contributed by atoms with van der Waals surface area (Å²) >= 11 is 11.5. The summed E-state index contributed by atoms with van der Waals surface area (Å²) in [7, 11) is 0. The van der Waals surface area contributed by atoms with Gasteiger partial charge < -0.3 is 10.1 Å². The molecule has 0 radical (unpaired) electrons. The predicted molar refractivity (Wildman–Crippen MR) is 84.8 cm³/mol. The molecule has 0 aliphatic carbocycles. The third-order valence-corrected chi connectivity index (χ3v) is 3.67. The lowest BCUT2D eigenvalue weighted by Gasteiger charge is -2.17. The highest BCUT2D eigenvalue weighted by atomic mass is 35.5. The fourth-order valence-corrected chi connectivity index (χ4v) is 2.26. The van der Waals surface area contributed by atoms with Gasteiger partial charge in [-0.1, -0.05) is 23.2 Å². The Morgan fingerprint density at radius 2 is 1.88 bits per heavy atom. The molecule has 26 heavy (non-hydrogen) atoms. The van der Waals surface area contributed by atoms with Crippen LogP contribution in [0.25, 0.3) is 0 Å². The molecule has 0 saturated heterocycles. The Morgan fingerprint density at radius 3 is 2.46 bits per heavy atom. The SMILES string of the molecule is C[C@H](CNc1ncnc(C(F)F)c1Cl)Oc1ncc(C(F)(F)F)cc1Cl. The fourth-order valence-electron chi connectivity index (χ4n) is 1.80. The third kappa shape index (κ3) is 5.04. The number of nitrogens with one attached hydrogen (secondary N) is 1. The molecule has 0 aromatic carbocycles. The van der Waals surface area contributed by atoms with Gasteiger partial charge >= 0.3 is 6.18 Å². The molecule has 0 aliphatic heterocycles. The Morgan fingerprint density at radius 1 is 1.19 bits per heavy atom. The molecule has 0 saturated carbocycles. The zero-order valence-electron chi connectivity index (χ0n) is 13.0. The van der Waals surface area contributed by atoms with Crippen LogP contribution in [0.5, 0.6) is 5.88 Å². The molecule has 2 aromatic rings. The van der Waals surface area contributed by atoms with E-state index in [4.69, 9.17) is 27.9 Å². The molecule has 2 aromatic heterocycles. The van der Waals surface area contributed by atoms with E-state index < -0.39 is 30.0 Å². The number of rotatable bonds is 6. The molecule has 2 rings (SSSR count). The van der Waals surface area contributed by atoms with Crippen molar-refractivity contribution in [3.8, 4) is 5.88 Å². The summed E-state index contributed by atoms with van der Waals surface area (Å²) in [6, 6.07) is 0.695. The maximum atomic E-state index is 12.7. The monoisotopic (exact) mass is 416 g/mol. The quantitative estimate of drug-likeness (QED) is 0.670. The minimum Gasteiger partial charge on any atom is -0.472 e. The zero-order chi connectivity index (χ0) is 19.5. The van der Waals surface area contributed by atoms with E-state index in [1.807, 2.05) is 0 Å². The highest BCUT2D eigenvalue weighted by Gasteiger charge is 2.32. The Labute approximate surface area is 154 Å². The molecule has 0 amide bonds. The van der Waals surface area contributed by atoms with Gasteiger partial charge in [0.25, 0.3) is 6.43 Å². The molecule has 142 valence electrons. The van der Waals surface area contributed by atoms with Gasteiger partial charge in [0, 0.05) is 6.20 Å². The number of pyridine rings is 1.